The van der Waals surface area contributed by atoms with Crippen molar-refractivity contribution < 1.29 is 9.47 Å². The molecule has 8 nitrogen and oxygen atoms in total. The van der Waals surface area contributed by atoms with Gasteiger partial charge in [-0.2, -0.15) is 5.26 Å². The molecular formula is C27H32N6O2. The molecule has 3 aromatic heterocycles. The minimum atomic E-state index is 0.403. The standard InChI is InChI=1S/C27H32N6O2/c1-5-33-10-8-17(9-11-33)19-6-7-21-24(25(19)35-15-16(2)3)32-26(31-21)22-23-20(14-30-27(22)34-4)18(12-28)13-29-23/h6-7,13-14,16-17,29H,5,8-11,15H2,1-4H3,(H,31,32). The molecule has 0 bridgehead atoms. The van der Waals surface area contributed by atoms with Gasteiger partial charge in [0.1, 0.15) is 23.0 Å². The number of H-pyrrole nitrogens is 2. The molecule has 0 atom stereocenters. The topological polar surface area (TPSA) is 103 Å². The van der Waals surface area contributed by atoms with Crippen molar-refractivity contribution in [3.63, 3.8) is 0 Å². The number of hydrogen-bond donors (Lipinski definition) is 2. The smallest absolute Gasteiger partial charge is 0.226 e. The number of aromatic nitrogens is 4. The van der Waals surface area contributed by atoms with Gasteiger partial charge >= 0.3 is 0 Å². The molecule has 0 amide bonds. The SMILES string of the molecule is CCN1CCC(c2ccc3[nH]c(-c4c(OC)ncc5c(C#N)c[nH]c45)nc3c2OCC(C)C)CC1. The third-order valence-electron chi connectivity index (χ3n) is 6.92. The second kappa shape index (κ2) is 9.59. The van der Waals surface area contributed by atoms with Gasteiger partial charge in [-0.05, 0) is 55.9 Å². The fraction of sp³-hybridized carbons (Fsp3) is 0.444. The zero-order valence-corrected chi connectivity index (χ0v) is 20.8. The van der Waals surface area contributed by atoms with E-state index in [1.165, 1.54) is 5.56 Å². The lowest BCUT2D eigenvalue weighted by atomic mass is 9.88. The molecule has 182 valence electrons. The highest BCUT2D eigenvalue weighted by Gasteiger charge is 2.26. The monoisotopic (exact) mass is 472 g/mol. The van der Waals surface area contributed by atoms with Crippen LogP contribution in [0.1, 0.15) is 50.7 Å². The molecule has 1 saturated heterocycles. The van der Waals surface area contributed by atoms with Crippen LogP contribution in [0.4, 0.5) is 0 Å². The van der Waals surface area contributed by atoms with Crippen molar-refractivity contribution in [2.75, 3.05) is 33.4 Å². The minimum Gasteiger partial charge on any atom is -0.491 e. The Labute approximate surface area is 205 Å². The number of pyridine rings is 1. The summed E-state index contributed by atoms with van der Waals surface area (Å²) >= 11 is 0. The zero-order chi connectivity index (χ0) is 24.5. The lowest BCUT2D eigenvalue weighted by Gasteiger charge is -2.32. The van der Waals surface area contributed by atoms with Gasteiger partial charge in [0.05, 0.1) is 30.3 Å². The van der Waals surface area contributed by atoms with Crippen molar-refractivity contribution in [3.8, 4) is 29.1 Å². The van der Waals surface area contributed by atoms with Crippen LogP contribution in [-0.4, -0.2) is 58.2 Å². The van der Waals surface area contributed by atoms with E-state index >= 15 is 0 Å². The number of fused-ring (bicyclic) bond motifs is 2. The summed E-state index contributed by atoms with van der Waals surface area (Å²) in [7, 11) is 1.59. The maximum atomic E-state index is 9.48. The van der Waals surface area contributed by atoms with Gasteiger partial charge in [0.15, 0.2) is 5.75 Å². The first-order chi connectivity index (χ1) is 17.0. The molecule has 8 heteroatoms. The van der Waals surface area contributed by atoms with E-state index in [4.69, 9.17) is 14.5 Å². The molecule has 0 saturated carbocycles. The van der Waals surface area contributed by atoms with E-state index in [0.29, 0.717) is 41.3 Å². The predicted molar refractivity (Wildman–Crippen MR) is 137 cm³/mol. The van der Waals surface area contributed by atoms with Gasteiger partial charge in [0.2, 0.25) is 5.88 Å². The number of hydrogen-bond acceptors (Lipinski definition) is 6. The van der Waals surface area contributed by atoms with E-state index in [1.807, 2.05) is 0 Å². The lowest BCUT2D eigenvalue weighted by Crippen LogP contribution is -2.32. The molecule has 1 aliphatic rings. The maximum Gasteiger partial charge on any atom is 0.226 e. The van der Waals surface area contributed by atoms with Crippen LogP contribution >= 0.6 is 0 Å². The number of ether oxygens (including phenoxy) is 2. The van der Waals surface area contributed by atoms with Gasteiger partial charge in [-0.3, -0.25) is 0 Å². The highest BCUT2D eigenvalue weighted by molar-refractivity contribution is 5.99. The Morgan fingerprint density at radius 1 is 1.26 bits per heavy atom. The predicted octanol–water partition coefficient (Wildman–Crippen LogP) is 5.22. The lowest BCUT2D eigenvalue weighted by molar-refractivity contribution is 0.217. The van der Waals surface area contributed by atoms with Crippen LogP contribution in [0.5, 0.6) is 11.6 Å². The average molecular weight is 473 g/mol. The van der Waals surface area contributed by atoms with Gasteiger partial charge in [0.25, 0.3) is 0 Å². The number of aromatic amines is 2. The van der Waals surface area contributed by atoms with Crippen molar-refractivity contribution in [2.45, 2.75) is 39.5 Å². The fourth-order valence-electron chi connectivity index (χ4n) is 5.00. The number of likely N-dealkylation sites (tertiary alicyclic amines) is 1. The number of methoxy groups -OCH3 is 1. The van der Waals surface area contributed by atoms with Crippen LogP contribution in [0.3, 0.4) is 0 Å². The molecule has 0 unspecified atom stereocenters. The highest BCUT2D eigenvalue weighted by Crippen LogP contribution is 2.41. The Balaban J connectivity index is 1.64. The first kappa shape index (κ1) is 23.2. The highest BCUT2D eigenvalue weighted by atomic mass is 16.5. The molecule has 0 aliphatic carbocycles. The van der Waals surface area contributed by atoms with E-state index in [1.54, 1.807) is 19.5 Å². The normalized spacial score (nSPS) is 15.2. The molecule has 1 fully saturated rings. The van der Waals surface area contributed by atoms with Gasteiger partial charge in [-0.25, -0.2) is 9.97 Å². The molecule has 5 rings (SSSR count). The first-order valence-corrected chi connectivity index (χ1v) is 12.4. The van der Waals surface area contributed by atoms with Crippen LogP contribution in [0.25, 0.3) is 33.3 Å². The summed E-state index contributed by atoms with van der Waals surface area (Å²) in [5, 5.41) is 10.2. The van der Waals surface area contributed by atoms with Gasteiger partial charge in [0, 0.05) is 17.8 Å². The number of nitrogens with one attached hydrogen (secondary N) is 2. The van der Waals surface area contributed by atoms with Gasteiger partial charge in [-0.15, -0.1) is 0 Å². The first-order valence-electron chi connectivity index (χ1n) is 12.4. The second-order valence-corrected chi connectivity index (χ2v) is 9.62. The number of piperidine rings is 1. The molecular weight excluding hydrogens is 440 g/mol. The van der Waals surface area contributed by atoms with Crippen molar-refractivity contribution in [3.05, 3.63) is 35.7 Å². The molecule has 4 aromatic rings. The Morgan fingerprint density at radius 2 is 2.06 bits per heavy atom. The quantitative estimate of drug-likeness (QED) is 0.382. The number of nitriles is 1. The van der Waals surface area contributed by atoms with Crippen LogP contribution in [-0.2, 0) is 0 Å². The summed E-state index contributed by atoms with van der Waals surface area (Å²) in [6.07, 6.45) is 5.58. The van der Waals surface area contributed by atoms with Crippen LogP contribution in [0, 0.1) is 17.2 Å². The molecule has 1 aliphatic heterocycles. The molecule has 2 N–H and O–H groups in total. The third-order valence-corrected chi connectivity index (χ3v) is 6.92. The number of benzene rings is 1. The minimum absolute atomic E-state index is 0.403. The Hall–Kier alpha value is -3.57. The van der Waals surface area contributed by atoms with Crippen molar-refractivity contribution in [1.29, 1.82) is 5.26 Å². The Bertz CT molecular complexity index is 1390. The summed E-state index contributed by atoms with van der Waals surface area (Å²) in [6, 6.07) is 6.52. The molecule has 1 aromatic carbocycles. The van der Waals surface area contributed by atoms with Crippen molar-refractivity contribution in [1.82, 2.24) is 24.8 Å². The number of imidazole rings is 1. The molecule has 35 heavy (non-hydrogen) atoms. The van der Waals surface area contributed by atoms with E-state index < -0.39 is 0 Å². The third kappa shape index (κ3) is 4.21. The number of rotatable bonds is 7. The molecule has 0 spiro atoms. The Morgan fingerprint density at radius 3 is 2.74 bits per heavy atom. The van der Waals surface area contributed by atoms with E-state index in [9.17, 15) is 5.26 Å². The Kier molecular flexibility index (Phi) is 6.35. The van der Waals surface area contributed by atoms with E-state index in [0.717, 1.165) is 60.2 Å². The molecule has 0 radical (unpaired) electrons. The van der Waals surface area contributed by atoms with Gasteiger partial charge in [-0.1, -0.05) is 26.8 Å². The van der Waals surface area contributed by atoms with Crippen LogP contribution in [0.2, 0.25) is 0 Å². The largest absolute Gasteiger partial charge is 0.491 e. The maximum absolute atomic E-state index is 9.48. The summed E-state index contributed by atoms with van der Waals surface area (Å²) < 4.78 is 12.0. The summed E-state index contributed by atoms with van der Waals surface area (Å²) in [6.45, 7) is 10.5. The van der Waals surface area contributed by atoms with Gasteiger partial charge < -0.3 is 24.3 Å². The molecule has 4 heterocycles. The summed E-state index contributed by atoms with van der Waals surface area (Å²) in [5.41, 5.74) is 4.97. The van der Waals surface area contributed by atoms with Crippen molar-refractivity contribution >= 4 is 21.9 Å². The second-order valence-electron chi connectivity index (χ2n) is 9.62. The van der Waals surface area contributed by atoms with E-state index in [-0.39, 0.29) is 0 Å². The van der Waals surface area contributed by atoms with Crippen LogP contribution in [0.15, 0.2) is 24.5 Å². The van der Waals surface area contributed by atoms with Crippen LogP contribution < -0.4 is 9.47 Å². The average Bonchev–Trinajstić information content (AvgIpc) is 3.50. The summed E-state index contributed by atoms with van der Waals surface area (Å²) in [4.78, 5) is 18.7. The summed E-state index contributed by atoms with van der Waals surface area (Å²) in [5.74, 6) is 2.80. The fourth-order valence-corrected chi connectivity index (χ4v) is 5.00. The van der Waals surface area contributed by atoms with Crippen molar-refractivity contribution in [2.24, 2.45) is 5.92 Å². The zero-order valence-electron chi connectivity index (χ0n) is 20.8. The number of nitrogens with zero attached hydrogens (tertiary/aromatic N) is 4. The van der Waals surface area contributed by atoms with E-state index in [2.05, 4.69) is 58.8 Å².